The number of nitrogens with zero attached hydrogens (tertiary/aromatic N) is 2. The SMILES string of the molecule is COc1ccccc1Cn1c(C(C)NC(=O)c2cccc(Cl)c2)nc2ccccc21. The van der Waals surface area contributed by atoms with Crippen molar-refractivity contribution < 1.29 is 9.53 Å². The third-order valence-corrected chi connectivity index (χ3v) is 5.26. The number of para-hydroxylation sites is 3. The highest BCUT2D eigenvalue weighted by atomic mass is 35.5. The number of hydrogen-bond acceptors (Lipinski definition) is 3. The molecule has 1 heterocycles. The normalized spacial score (nSPS) is 12.0. The number of ether oxygens (including phenoxy) is 1. The molecule has 30 heavy (non-hydrogen) atoms. The number of fused-ring (bicyclic) bond motifs is 1. The first-order valence-electron chi connectivity index (χ1n) is 9.70. The lowest BCUT2D eigenvalue weighted by atomic mass is 10.1. The molecule has 1 atom stereocenters. The molecule has 0 saturated heterocycles. The van der Waals surface area contributed by atoms with Gasteiger partial charge in [0, 0.05) is 16.1 Å². The van der Waals surface area contributed by atoms with Gasteiger partial charge in [-0.15, -0.1) is 0 Å². The van der Waals surface area contributed by atoms with Gasteiger partial charge in [0.2, 0.25) is 0 Å². The molecule has 1 N–H and O–H groups in total. The average molecular weight is 420 g/mol. The number of amides is 1. The van der Waals surface area contributed by atoms with E-state index in [0.717, 1.165) is 28.2 Å². The van der Waals surface area contributed by atoms with E-state index in [-0.39, 0.29) is 11.9 Å². The minimum atomic E-state index is -0.307. The second kappa shape index (κ2) is 8.59. The smallest absolute Gasteiger partial charge is 0.251 e. The molecule has 0 aliphatic heterocycles. The van der Waals surface area contributed by atoms with Crippen LogP contribution in [0.15, 0.2) is 72.8 Å². The Kier molecular flexibility index (Phi) is 5.72. The van der Waals surface area contributed by atoms with Crippen LogP contribution in [0, 0.1) is 0 Å². The maximum absolute atomic E-state index is 12.7. The zero-order chi connectivity index (χ0) is 21.1. The first-order valence-corrected chi connectivity index (χ1v) is 10.1. The van der Waals surface area contributed by atoms with Gasteiger partial charge in [-0.25, -0.2) is 4.98 Å². The van der Waals surface area contributed by atoms with Gasteiger partial charge < -0.3 is 14.6 Å². The number of rotatable bonds is 6. The Labute approximate surface area is 180 Å². The molecule has 0 saturated carbocycles. The monoisotopic (exact) mass is 419 g/mol. The van der Waals surface area contributed by atoms with Crippen molar-refractivity contribution in [1.29, 1.82) is 0 Å². The zero-order valence-corrected chi connectivity index (χ0v) is 17.6. The molecule has 0 radical (unpaired) electrons. The minimum absolute atomic E-state index is 0.194. The van der Waals surface area contributed by atoms with Gasteiger partial charge in [0.05, 0.1) is 30.7 Å². The number of benzene rings is 3. The number of imidazole rings is 1. The van der Waals surface area contributed by atoms with Crippen molar-refractivity contribution in [1.82, 2.24) is 14.9 Å². The third-order valence-electron chi connectivity index (χ3n) is 5.03. The molecule has 5 nitrogen and oxygen atoms in total. The minimum Gasteiger partial charge on any atom is -0.496 e. The Hall–Kier alpha value is -3.31. The van der Waals surface area contributed by atoms with Crippen LogP contribution in [-0.4, -0.2) is 22.6 Å². The predicted molar refractivity (Wildman–Crippen MR) is 119 cm³/mol. The van der Waals surface area contributed by atoms with Crippen LogP contribution in [-0.2, 0) is 6.54 Å². The maximum atomic E-state index is 12.7. The fourth-order valence-corrected chi connectivity index (χ4v) is 3.76. The molecular formula is C24H22ClN3O2. The van der Waals surface area contributed by atoms with Gasteiger partial charge in [-0.1, -0.05) is 48.0 Å². The summed E-state index contributed by atoms with van der Waals surface area (Å²) in [4.78, 5) is 17.5. The summed E-state index contributed by atoms with van der Waals surface area (Å²) in [6.07, 6.45) is 0. The highest BCUT2D eigenvalue weighted by Crippen LogP contribution is 2.26. The van der Waals surface area contributed by atoms with Crippen LogP contribution in [0.4, 0.5) is 0 Å². The zero-order valence-electron chi connectivity index (χ0n) is 16.8. The summed E-state index contributed by atoms with van der Waals surface area (Å²) in [5.41, 5.74) is 3.44. The molecule has 4 aromatic rings. The maximum Gasteiger partial charge on any atom is 0.251 e. The summed E-state index contributed by atoms with van der Waals surface area (Å²) in [7, 11) is 1.67. The molecule has 0 spiro atoms. The Morgan fingerprint density at radius 2 is 1.87 bits per heavy atom. The molecule has 0 aliphatic carbocycles. The molecule has 1 amide bonds. The molecule has 1 aromatic heterocycles. The largest absolute Gasteiger partial charge is 0.496 e. The van der Waals surface area contributed by atoms with Crippen LogP contribution >= 0.6 is 11.6 Å². The second-order valence-electron chi connectivity index (χ2n) is 7.06. The van der Waals surface area contributed by atoms with E-state index in [1.165, 1.54) is 0 Å². The van der Waals surface area contributed by atoms with Crippen LogP contribution in [0.3, 0.4) is 0 Å². The number of nitrogens with one attached hydrogen (secondary N) is 1. The Bertz CT molecular complexity index is 1200. The van der Waals surface area contributed by atoms with Gasteiger partial charge in [0.25, 0.3) is 5.91 Å². The summed E-state index contributed by atoms with van der Waals surface area (Å²) in [6, 6.07) is 22.5. The first-order chi connectivity index (χ1) is 14.6. The highest BCUT2D eigenvalue weighted by Gasteiger charge is 2.20. The van der Waals surface area contributed by atoms with Gasteiger partial charge in [0.1, 0.15) is 11.6 Å². The number of carbonyl (C=O) groups is 1. The van der Waals surface area contributed by atoms with E-state index >= 15 is 0 Å². The number of carbonyl (C=O) groups excluding carboxylic acids is 1. The van der Waals surface area contributed by atoms with E-state index in [9.17, 15) is 4.79 Å². The van der Waals surface area contributed by atoms with E-state index in [1.807, 2.05) is 55.5 Å². The fourth-order valence-electron chi connectivity index (χ4n) is 3.57. The number of halogens is 1. The predicted octanol–water partition coefficient (Wildman–Crippen LogP) is 5.24. The van der Waals surface area contributed by atoms with Crippen LogP contribution in [0.25, 0.3) is 11.0 Å². The lowest BCUT2D eigenvalue weighted by molar-refractivity contribution is 0.0937. The first kappa shape index (κ1) is 20.0. The van der Waals surface area contributed by atoms with Crippen molar-refractivity contribution >= 4 is 28.5 Å². The number of aromatic nitrogens is 2. The van der Waals surface area contributed by atoms with Gasteiger partial charge in [0.15, 0.2) is 0 Å². The molecule has 0 aliphatic rings. The van der Waals surface area contributed by atoms with Crippen molar-refractivity contribution in [3.05, 3.63) is 94.8 Å². The quantitative estimate of drug-likeness (QED) is 0.465. The Morgan fingerprint density at radius 1 is 1.10 bits per heavy atom. The van der Waals surface area contributed by atoms with Crippen molar-refractivity contribution in [3.63, 3.8) is 0 Å². The van der Waals surface area contributed by atoms with E-state index in [0.29, 0.717) is 17.1 Å². The molecule has 1 unspecified atom stereocenters. The van der Waals surface area contributed by atoms with E-state index in [4.69, 9.17) is 21.3 Å². The summed E-state index contributed by atoms with van der Waals surface area (Å²) < 4.78 is 7.65. The van der Waals surface area contributed by atoms with Crippen molar-refractivity contribution in [3.8, 4) is 5.75 Å². The summed E-state index contributed by atoms with van der Waals surface area (Å²) >= 11 is 6.03. The molecule has 0 bridgehead atoms. The highest BCUT2D eigenvalue weighted by molar-refractivity contribution is 6.30. The second-order valence-corrected chi connectivity index (χ2v) is 7.50. The summed E-state index contributed by atoms with van der Waals surface area (Å²) in [5, 5.41) is 3.57. The standard InChI is InChI=1S/C24H22ClN3O2/c1-16(26-24(29)17-9-7-10-19(25)14-17)23-27-20-11-4-5-12-21(20)28(23)15-18-8-3-6-13-22(18)30-2/h3-14,16H,15H2,1-2H3,(H,26,29). The van der Waals surface area contributed by atoms with Crippen LogP contribution in [0.1, 0.15) is 34.7 Å². The van der Waals surface area contributed by atoms with E-state index in [2.05, 4.69) is 9.88 Å². The van der Waals surface area contributed by atoms with E-state index in [1.54, 1.807) is 31.4 Å². The molecule has 152 valence electrons. The van der Waals surface area contributed by atoms with Crippen LogP contribution < -0.4 is 10.1 Å². The van der Waals surface area contributed by atoms with Crippen molar-refractivity contribution in [2.75, 3.05) is 7.11 Å². The van der Waals surface area contributed by atoms with E-state index < -0.39 is 0 Å². The third kappa shape index (κ3) is 4.02. The molecule has 0 fully saturated rings. The molecular weight excluding hydrogens is 398 g/mol. The van der Waals surface area contributed by atoms with Crippen LogP contribution in [0.5, 0.6) is 5.75 Å². The average Bonchev–Trinajstić information content (AvgIpc) is 3.13. The topological polar surface area (TPSA) is 56.1 Å². The lowest BCUT2D eigenvalue weighted by Gasteiger charge is -2.17. The lowest BCUT2D eigenvalue weighted by Crippen LogP contribution is -2.28. The molecule has 3 aromatic carbocycles. The molecule has 6 heteroatoms. The van der Waals surface area contributed by atoms with Crippen LogP contribution in [0.2, 0.25) is 5.02 Å². The Balaban J connectivity index is 1.69. The van der Waals surface area contributed by atoms with Crippen molar-refractivity contribution in [2.24, 2.45) is 0 Å². The van der Waals surface area contributed by atoms with Crippen molar-refractivity contribution in [2.45, 2.75) is 19.5 Å². The fraction of sp³-hybridized carbons (Fsp3) is 0.167. The van der Waals surface area contributed by atoms with Gasteiger partial charge >= 0.3 is 0 Å². The number of methoxy groups -OCH3 is 1. The van der Waals surface area contributed by atoms with Gasteiger partial charge in [-0.3, -0.25) is 4.79 Å². The number of hydrogen-bond donors (Lipinski definition) is 1. The Morgan fingerprint density at radius 3 is 2.67 bits per heavy atom. The summed E-state index contributed by atoms with van der Waals surface area (Å²) in [5.74, 6) is 1.40. The van der Waals surface area contributed by atoms with Gasteiger partial charge in [-0.05, 0) is 43.3 Å². The summed E-state index contributed by atoms with van der Waals surface area (Å²) in [6.45, 7) is 2.51. The van der Waals surface area contributed by atoms with Gasteiger partial charge in [-0.2, -0.15) is 0 Å². The molecule has 4 rings (SSSR count).